The summed E-state index contributed by atoms with van der Waals surface area (Å²) in [5, 5.41) is 5.69. The van der Waals surface area contributed by atoms with Gasteiger partial charge in [0.05, 0.1) is 24.3 Å². The van der Waals surface area contributed by atoms with Gasteiger partial charge in [-0.25, -0.2) is 0 Å². The monoisotopic (exact) mass is 375 g/mol. The van der Waals surface area contributed by atoms with Gasteiger partial charge < -0.3 is 15.4 Å². The number of benzene rings is 2. The fourth-order valence-corrected chi connectivity index (χ4v) is 2.67. The van der Waals surface area contributed by atoms with Gasteiger partial charge in [-0.05, 0) is 42.8 Å². The van der Waals surface area contributed by atoms with E-state index in [1.165, 1.54) is 18.5 Å². The highest BCUT2D eigenvalue weighted by molar-refractivity contribution is 6.05. The predicted octanol–water partition coefficient (Wildman–Crippen LogP) is 3.83. The summed E-state index contributed by atoms with van der Waals surface area (Å²) in [6.45, 7) is 1.90. The van der Waals surface area contributed by atoms with E-state index in [-0.39, 0.29) is 17.9 Å². The lowest BCUT2D eigenvalue weighted by molar-refractivity contribution is 0.0939. The van der Waals surface area contributed by atoms with Crippen molar-refractivity contribution in [2.75, 3.05) is 12.4 Å². The van der Waals surface area contributed by atoms with E-state index in [0.29, 0.717) is 22.6 Å². The molecule has 1 unspecified atom stereocenters. The van der Waals surface area contributed by atoms with Crippen LogP contribution in [0.2, 0.25) is 0 Å². The molecule has 142 valence electrons. The summed E-state index contributed by atoms with van der Waals surface area (Å²) in [4.78, 5) is 29.0. The summed E-state index contributed by atoms with van der Waals surface area (Å²) in [7, 11) is 1.58. The summed E-state index contributed by atoms with van der Waals surface area (Å²) in [5.41, 5.74) is 2.25. The average Bonchev–Trinajstić information content (AvgIpc) is 2.75. The summed E-state index contributed by atoms with van der Waals surface area (Å²) < 4.78 is 5.10. The van der Waals surface area contributed by atoms with Crippen LogP contribution in [0.15, 0.2) is 73.1 Å². The first-order valence-corrected chi connectivity index (χ1v) is 8.83. The second-order valence-corrected chi connectivity index (χ2v) is 6.25. The number of ether oxygens (including phenoxy) is 1. The zero-order chi connectivity index (χ0) is 19.9. The highest BCUT2D eigenvalue weighted by Gasteiger charge is 2.14. The van der Waals surface area contributed by atoms with E-state index in [2.05, 4.69) is 15.6 Å². The Labute approximate surface area is 163 Å². The van der Waals surface area contributed by atoms with Gasteiger partial charge in [0.1, 0.15) is 5.75 Å². The molecule has 1 atom stereocenters. The molecule has 0 saturated heterocycles. The Morgan fingerprint density at radius 3 is 2.21 bits per heavy atom. The van der Waals surface area contributed by atoms with Crippen LogP contribution in [0.4, 0.5) is 5.69 Å². The minimum Gasteiger partial charge on any atom is -0.497 e. The molecule has 0 aliphatic carbocycles. The molecule has 6 heteroatoms. The van der Waals surface area contributed by atoms with Gasteiger partial charge in [-0.1, -0.05) is 30.3 Å². The Balaban J connectivity index is 1.68. The number of pyridine rings is 1. The van der Waals surface area contributed by atoms with E-state index in [1.807, 2.05) is 37.3 Å². The van der Waals surface area contributed by atoms with Gasteiger partial charge >= 0.3 is 0 Å². The first-order valence-electron chi connectivity index (χ1n) is 8.83. The lowest BCUT2D eigenvalue weighted by Gasteiger charge is -2.14. The lowest BCUT2D eigenvalue weighted by atomic mass is 10.1. The number of rotatable bonds is 6. The Hall–Kier alpha value is -3.67. The second kappa shape index (κ2) is 8.81. The van der Waals surface area contributed by atoms with Crippen LogP contribution >= 0.6 is 0 Å². The molecular formula is C22H21N3O3. The van der Waals surface area contributed by atoms with E-state index < -0.39 is 0 Å². The molecule has 0 aliphatic heterocycles. The maximum Gasteiger partial charge on any atom is 0.257 e. The number of amides is 2. The van der Waals surface area contributed by atoms with Gasteiger partial charge in [-0.15, -0.1) is 0 Å². The third-order valence-corrected chi connectivity index (χ3v) is 4.26. The second-order valence-electron chi connectivity index (χ2n) is 6.25. The van der Waals surface area contributed by atoms with Gasteiger partial charge in [0, 0.05) is 18.1 Å². The van der Waals surface area contributed by atoms with Crippen molar-refractivity contribution in [3.05, 3.63) is 89.7 Å². The molecule has 6 nitrogen and oxygen atoms in total. The summed E-state index contributed by atoms with van der Waals surface area (Å²) >= 11 is 0. The maximum absolute atomic E-state index is 12.5. The van der Waals surface area contributed by atoms with Crippen LogP contribution in [0.1, 0.15) is 39.2 Å². The molecule has 0 saturated carbocycles. The smallest absolute Gasteiger partial charge is 0.257 e. The van der Waals surface area contributed by atoms with Crippen LogP contribution in [-0.4, -0.2) is 23.9 Å². The number of hydrogen-bond acceptors (Lipinski definition) is 4. The minimum absolute atomic E-state index is 0.162. The van der Waals surface area contributed by atoms with Gasteiger partial charge in [-0.3, -0.25) is 14.6 Å². The van der Waals surface area contributed by atoms with Crippen LogP contribution in [0.5, 0.6) is 5.75 Å². The normalized spacial score (nSPS) is 11.4. The number of aromatic nitrogens is 1. The van der Waals surface area contributed by atoms with Crippen LogP contribution in [0, 0.1) is 0 Å². The molecule has 2 aromatic carbocycles. The quantitative estimate of drug-likeness (QED) is 0.686. The number of methoxy groups -OCH3 is 1. The van der Waals surface area contributed by atoms with Crippen molar-refractivity contribution >= 4 is 17.5 Å². The van der Waals surface area contributed by atoms with Crippen molar-refractivity contribution < 1.29 is 14.3 Å². The van der Waals surface area contributed by atoms with Crippen molar-refractivity contribution in [3.63, 3.8) is 0 Å². The molecule has 0 fully saturated rings. The van der Waals surface area contributed by atoms with Crippen molar-refractivity contribution in [2.24, 2.45) is 0 Å². The molecule has 28 heavy (non-hydrogen) atoms. The Kier molecular flexibility index (Phi) is 6.01. The third-order valence-electron chi connectivity index (χ3n) is 4.26. The zero-order valence-electron chi connectivity index (χ0n) is 15.7. The molecule has 0 spiro atoms. The molecule has 1 heterocycles. The van der Waals surface area contributed by atoms with Gasteiger partial charge in [-0.2, -0.15) is 0 Å². The average molecular weight is 375 g/mol. The molecule has 0 bridgehead atoms. The van der Waals surface area contributed by atoms with E-state index in [1.54, 1.807) is 31.4 Å². The number of carbonyl (C=O) groups is 2. The van der Waals surface area contributed by atoms with Crippen LogP contribution < -0.4 is 15.4 Å². The molecule has 3 aromatic rings. The van der Waals surface area contributed by atoms with Crippen molar-refractivity contribution in [3.8, 4) is 5.75 Å². The summed E-state index contributed by atoms with van der Waals surface area (Å²) in [6, 6.07) is 18.0. The SMILES string of the molecule is COc1ccc(NC(=O)c2cncc(C(=O)NC(C)c3ccccc3)c2)cc1. The third kappa shape index (κ3) is 4.73. The molecular weight excluding hydrogens is 354 g/mol. The van der Waals surface area contributed by atoms with E-state index in [0.717, 1.165) is 5.56 Å². The minimum atomic E-state index is -0.344. The molecule has 2 amide bonds. The van der Waals surface area contributed by atoms with E-state index in [4.69, 9.17) is 4.74 Å². The van der Waals surface area contributed by atoms with Crippen LogP contribution in [0.3, 0.4) is 0 Å². The highest BCUT2D eigenvalue weighted by Crippen LogP contribution is 2.16. The highest BCUT2D eigenvalue weighted by atomic mass is 16.5. The van der Waals surface area contributed by atoms with Crippen molar-refractivity contribution in [1.29, 1.82) is 0 Å². The fourth-order valence-electron chi connectivity index (χ4n) is 2.67. The van der Waals surface area contributed by atoms with Gasteiger partial charge in [0.15, 0.2) is 0 Å². The molecule has 3 rings (SSSR count). The number of carbonyl (C=O) groups excluding carboxylic acids is 2. The summed E-state index contributed by atoms with van der Waals surface area (Å²) in [5.74, 6) is 0.0669. The van der Waals surface area contributed by atoms with E-state index in [9.17, 15) is 9.59 Å². The van der Waals surface area contributed by atoms with Crippen LogP contribution in [0.25, 0.3) is 0 Å². The molecule has 0 radical (unpaired) electrons. The summed E-state index contributed by atoms with van der Waals surface area (Å²) in [6.07, 6.45) is 2.87. The maximum atomic E-state index is 12.5. The van der Waals surface area contributed by atoms with Crippen LogP contribution in [-0.2, 0) is 0 Å². The van der Waals surface area contributed by atoms with Crippen molar-refractivity contribution in [2.45, 2.75) is 13.0 Å². The van der Waals surface area contributed by atoms with Gasteiger partial charge in [0.2, 0.25) is 0 Å². The predicted molar refractivity (Wildman–Crippen MR) is 108 cm³/mol. The fraction of sp³-hybridized carbons (Fsp3) is 0.136. The standard InChI is InChI=1S/C22H21N3O3/c1-15(16-6-4-3-5-7-16)24-21(26)17-12-18(14-23-13-17)22(27)25-19-8-10-20(28-2)11-9-19/h3-15H,1-2H3,(H,24,26)(H,25,27). The number of anilines is 1. The molecule has 0 aliphatic rings. The number of nitrogens with one attached hydrogen (secondary N) is 2. The Bertz CT molecular complexity index is 956. The first-order chi connectivity index (χ1) is 13.6. The molecule has 2 N–H and O–H groups in total. The largest absolute Gasteiger partial charge is 0.497 e. The number of hydrogen-bond donors (Lipinski definition) is 2. The Morgan fingerprint density at radius 2 is 1.57 bits per heavy atom. The van der Waals surface area contributed by atoms with Crippen molar-refractivity contribution in [1.82, 2.24) is 10.3 Å². The van der Waals surface area contributed by atoms with E-state index >= 15 is 0 Å². The first kappa shape index (κ1) is 19.1. The van der Waals surface area contributed by atoms with Gasteiger partial charge in [0.25, 0.3) is 11.8 Å². The zero-order valence-corrected chi connectivity index (χ0v) is 15.7. The Morgan fingerprint density at radius 1 is 0.929 bits per heavy atom. The molecule has 1 aromatic heterocycles. The number of nitrogens with zero attached hydrogens (tertiary/aromatic N) is 1. The topological polar surface area (TPSA) is 80.3 Å². The lowest BCUT2D eigenvalue weighted by Crippen LogP contribution is -2.27.